The standard InChI is InChI=1S/C39H56F2N6/c1-26(2)46-20-13-32(14-21-46)35-23-36-37-42-24-31-11-9-12-34(22-31)39(40,41)33-15-18-45(19-16-33)25-28(4)27(3)10-7-8-17-47(29(35)5)38(36)44-30(6)43-37/h9,11-12,22-23,26-28,32-33H,5,7-8,10,13-21,24-25H2,1-4,6H3,(H,42,43,44). The van der Waals surface area contributed by atoms with Crippen LogP contribution in [0.2, 0.25) is 0 Å². The van der Waals surface area contributed by atoms with Gasteiger partial charge < -0.3 is 20.0 Å². The van der Waals surface area contributed by atoms with Gasteiger partial charge in [-0.3, -0.25) is 0 Å². The van der Waals surface area contributed by atoms with Gasteiger partial charge in [0.05, 0.1) is 5.56 Å². The number of anilines is 2. The number of benzene rings is 1. The summed E-state index contributed by atoms with van der Waals surface area (Å²) < 4.78 is 31.9. The monoisotopic (exact) mass is 646 g/mol. The van der Waals surface area contributed by atoms with E-state index in [-0.39, 0.29) is 5.56 Å². The van der Waals surface area contributed by atoms with Crippen LogP contribution in [0.5, 0.6) is 0 Å². The first-order valence-corrected chi connectivity index (χ1v) is 18.3. The van der Waals surface area contributed by atoms with Gasteiger partial charge in [-0.1, -0.05) is 51.5 Å². The lowest BCUT2D eigenvalue weighted by molar-refractivity contribution is -0.0865. The third kappa shape index (κ3) is 7.44. The molecular formula is C39H56F2N6. The summed E-state index contributed by atoms with van der Waals surface area (Å²) in [6, 6.07) is 7.57. The van der Waals surface area contributed by atoms with Crippen LogP contribution in [0.4, 0.5) is 20.4 Å². The molecule has 2 aromatic rings. The Kier molecular flexibility index (Phi) is 10.4. The first-order chi connectivity index (χ1) is 22.5. The molecule has 1 aromatic carbocycles. The molecular weight excluding hydrogens is 590 g/mol. The number of allylic oxidation sites excluding steroid dienone is 1. The van der Waals surface area contributed by atoms with Crippen molar-refractivity contribution in [2.24, 2.45) is 23.7 Å². The van der Waals surface area contributed by atoms with Gasteiger partial charge in [-0.05, 0) is 120 Å². The summed E-state index contributed by atoms with van der Waals surface area (Å²) in [4.78, 5) is 17.2. The zero-order chi connectivity index (χ0) is 33.3. The fourth-order valence-electron chi connectivity index (χ4n) is 8.28. The van der Waals surface area contributed by atoms with Crippen LogP contribution in [-0.4, -0.2) is 65.1 Å². The van der Waals surface area contributed by atoms with Crippen molar-refractivity contribution in [1.29, 1.82) is 0 Å². The van der Waals surface area contributed by atoms with Crippen molar-refractivity contribution in [3.05, 3.63) is 64.6 Å². The number of fused-ring (bicyclic) bond motifs is 9. The van der Waals surface area contributed by atoms with Crippen LogP contribution < -0.4 is 10.2 Å². The van der Waals surface area contributed by atoms with Crippen molar-refractivity contribution in [2.45, 2.75) is 98.1 Å². The number of aromatic nitrogens is 2. The summed E-state index contributed by atoms with van der Waals surface area (Å²) in [7, 11) is 0. The molecule has 6 heterocycles. The minimum atomic E-state index is -2.85. The highest BCUT2D eigenvalue weighted by molar-refractivity contribution is 5.83. The molecule has 0 spiro atoms. The maximum absolute atomic E-state index is 16.0. The lowest BCUT2D eigenvalue weighted by Gasteiger charge is -2.40. The number of nitrogens with zero attached hydrogens (tertiary/aromatic N) is 5. The van der Waals surface area contributed by atoms with Crippen LogP contribution in [0.3, 0.4) is 0 Å². The molecule has 256 valence electrons. The molecule has 47 heavy (non-hydrogen) atoms. The quantitative estimate of drug-likeness (QED) is 0.353. The molecule has 6 nitrogen and oxygen atoms in total. The Bertz CT molecular complexity index is 1440. The predicted octanol–water partition coefficient (Wildman–Crippen LogP) is 8.49. The summed E-state index contributed by atoms with van der Waals surface area (Å²) in [5.74, 6) is 0.415. The van der Waals surface area contributed by atoms with Gasteiger partial charge in [0.25, 0.3) is 5.92 Å². The number of hydrogen-bond donors (Lipinski definition) is 1. The second kappa shape index (κ2) is 14.3. The van der Waals surface area contributed by atoms with E-state index >= 15 is 8.78 Å². The van der Waals surface area contributed by atoms with Crippen LogP contribution in [0, 0.1) is 30.6 Å². The van der Waals surface area contributed by atoms with Gasteiger partial charge in [-0.15, -0.1) is 0 Å². The second-order valence-electron chi connectivity index (χ2n) is 15.2. The molecule has 0 aliphatic carbocycles. The highest BCUT2D eigenvalue weighted by Crippen LogP contribution is 2.44. The highest BCUT2D eigenvalue weighted by atomic mass is 19.3. The SMILES string of the molecule is C=C1C(C2CCN(C(C)C)CC2)=Cc2c3nc(C)nc2N1CCCCC(C)C(C)CN1CCC(CC1)C(F)(F)c1cccc(c1)CN3. The lowest BCUT2D eigenvalue weighted by Crippen LogP contribution is -2.42. The van der Waals surface area contributed by atoms with Crippen molar-refractivity contribution < 1.29 is 8.78 Å². The van der Waals surface area contributed by atoms with Crippen molar-refractivity contribution in [3.8, 4) is 0 Å². The van der Waals surface area contributed by atoms with E-state index in [1.165, 1.54) is 5.57 Å². The van der Waals surface area contributed by atoms with Gasteiger partial charge in [-0.2, -0.15) is 0 Å². The van der Waals surface area contributed by atoms with E-state index in [0.717, 1.165) is 99.8 Å². The molecule has 0 saturated carbocycles. The minimum Gasteiger partial charge on any atom is -0.365 e. The van der Waals surface area contributed by atoms with E-state index < -0.39 is 11.8 Å². The zero-order valence-electron chi connectivity index (χ0n) is 29.4. The fourth-order valence-corrected chi connectivity index (χ4v) is 8.28. The summed E-state index contributed by atoms with van der Waals surface area (Å²) >= 11 is 0. The number of hydrogen-bond acceptors (Lipinski definition) is 6. The Balaban J connectivity index is 1.34. The second-order valence-corrected chi connectivity index (χ2v) is 15.2. The Hall–Kier alpha value is -2.84. The van der Waals surface area contributed by atoms with Crippen molar-refractivity contribution in [2.75, 3.05) is 49.5 Å². The predicted molar refractivity (Wildman–Crippen MR) is 190 cm³/mol. The summed E-state index contributed by atoms with van der Waals surface area (Å²) in [5.41, 5.74) is 4.32. The van der Waals surface area contributed by atoms with E-state index in [1.54, 1.807) is 18.2 Å². The Morgan fingerprint density at radius 2 is 1.68 bits per heavy atom. The lowest BCUT2D eigenvalue weighted by atomic mass is 9.84. The summed E-state index contributed by atoms with van der Waals surface area (Å²) in [6.07, 6.45) is 8.92. The number of piperidine rings is 2. The van der Waals surface area contributed by atoms with Gasteiger partial charge in [-0.25, -0.2) is 18.7 Å². The molecule has 5 aliphatic rings. The topological polar surface area (TPSA) is 47.5 Å². The molecule has 0 amide bonds. The highest BCUT2D eigenvalue weighted by Gasteiger charge is 2.43. The Morgan fingerprint density at radius 1 is 0.936 bits per heavy atom. The van der Waals surface area contributed by atoms with Crippen LogP contribution in [0.15, 0.2) is 42.1 Å². The fraction of sp³-hybridized carbons (Fsp3) is 0.641. The number of rotatable bonds is 2. The molecule has 0 radical (unpaired) electrons. The van der Waals surface area contributed by atoms with Gasteiger partial charge in [0.2, 0.25) is 0 Å². The molecule has 2 unspecified atom stereocenters. The maximum Gasteiger partial charge on any atom is 0.276 e. The number of halogens is 2. The largest absolute Gasteiger partial charge is 0.365 e. The van der Waals surface area contributed by atoms with E-state index in [0.29, 0.717) is 49.0 Å². The van der Waals surface area contributed by atoms with Gasteiger partial charge >= 0.3 is 0 Å². The first kappa shape index (κ1) is 34.0. The molecule has 2 atom stereocenters. The normalized spacial score (nSPS) is 28.0. The van der Waals surface area contributed by atoms with E-state index in [4.69, 9.17) is 9.97 Å². The van der Waals surface area contributed by atoms with E-state index in [9.17, 15) is 0 Å². The van der Waals surface area contributed by atoms with Crippen molar-refractivity contribution >= 4 is 17.7 Å². The maximum atomic E-state index is 16.0. The Morgan fingerprint density at radius 3 is 2.40 bits per heavy atom. The molecule has 8 heteroatoms. The van der Waals surface area contributed by atoms with Crippen LogP contribution >= 0.6 is 0 Å². The van der Waals surface area contributed by atoms with Gasteiger partial charge in [0.15, 0.2) is 0 Å². The molecule has 1 N–H and O–H groups in total. The van der Waals surface area contributed by atoms with Crippen LogP contribution in [0.1, 0.15) is 95.2 Å². The average molecular weight is 647 g/mol. The minimum absolute atomic E-state index is 0.126. The average Bonchev–Trinajstić information content (AvgIpc) is 3.06. The summed E-state index contributed by atoms with van der Waals surface area (Å²) in [5, 5.41) is 3.56. The van der Waals surface area contributed by atoms with Gasteiger partial charge in [0.1, 0.15) is 17.5 Å². The third-order valence-electron chi connectivity index (χ3n) is 11.6. The number of aryl methyl sites for hydroxylation is 1. The van der Waals surface area contributed by atoms with Crippen molar-refractivity contribution in [1.82, 2.24) is 19.8 Å². The third-order valence-corrected chi connectivity index (χ3v) is 11.6. The smallest absolute Gasteiger partial charge is 0.276 e. The molecule has 5 aliphatic heterocycles. The van der Waals surface area contributed by atoms with Crippen LogP contribution in [-0.2, 0) is 12.5 Å². The molecule has 2 saturated heterocycles. The summed E-state index contributed by atoms with van der Waals surface area (Å²) in [6.45, 7) is 21.8. The first-order valence-electron chi connectivity index (χ1n) is 18.3. The number of nitrogens with one attached hydrogen (secondary N) is 1. The van der Waals surface area contributed by atoms with Crippen molar-refractivity contribution in [3.63, 3.8) is 0 Å². The van der Waals surface area contributed by atoms with E-state index in [1.807, 2.05) is 13.0 Å². The van der Waals surface area contributed by atoms with Crippen LogP contribution in [0.25, 0.3) is 6.08 Å². The zero-order valence-corrected chi connectivity index (χ0v) is 29.4. The molecule has 8 bridgehead atoms. The molecule has 1 aromatic heterocycles. The Labute approximate surface area is 281 Å². The van der Waals surface area contributed by atoms with Gasteiger partial charge in [0, 0.05) is 42.9 Å². The molecule has 7 rings (SSSR count). The number of likely N-dealkylation sites (tertiary alicyclic amines) is 1. The number of alkyl halides is 2. The van der Waals surface area contributed by atoms with E-state index in [2.05, 4.69) is 60.4 Å². The molecule has 2 fully saturated rings.